The highest BCUT2D eigenvalue weighted by Crippen LogP contribution is 2.09. The number of hydrogen-bond acceptors (Lipinski definition) is 3. The molecule has 0 aliphatic heterocycles. The molecular weight excluding hydrogens is 266 g/mol. The second-order valence-corrected chi connectivity index (χ2v) is 5.22. The Morgan fingerprint density at radius 2 is 1.90 bits per heavy atom. The van der Waals surface area contributed by atoms with Crippen molar-refractivity contribution in [3.05, 3.63) is 35.4 Å². The number of nitrogens with two attached hydrogens (primary N) is 1. The Labute approximate surface area is 126 Å². The molecule has 21 heavy (non-hydrogen) atoms. The molecule has 1 aromatic rings. The fourth-order valence-corrected chi connectivity index (χ4v) is 2.09. The van der Waals surface area contributed by atoms with Crippen LogP contribution in [0.2, 0.25) is 0 Å². The van der Waals surface area contributed by atoms with Crippen LogP contribution >= 0.6 is 0 Å². The van der Waals surface area contributed by atoms with Gasteiger partial charge in [0.2, 0.25) is 5.91 Å². The smallest absolute Gasteiger partial charge is 0.251 e. The molecule has 2 amide bonds. The minimum Gasteiger partial charge on any atom is -0.355 e. The zero-order chi connectivity index (χ0) is 15.8. The van der Waals surface area contributed by atoms with Gasteiger partial charge in [-0.05, 0) is 24.1 Å². The molecule has 1 rings (SSSR count). The highest BCUT2D eigenvalue weighted by molar-refractivity contribution is 5.93. The van der Waals surface area contributed by atoms with Crippen LogP contribution in [0.5, 0.6) is 0 Å². The van der Waals surface area contributed by atoms with Crippen LogP contribution in [0, 0.1) is 0 Å². The lowest BCUT2D eigenvalue weighted by Crippen LogP contribution is -2.41. The van der Waals surface area contributed by atoms with Crippen LogP contribution in [0.3, 0.4) is 0 Å². The minimum atomic E-state index is -0.430. The number of benzene rings is 1. The minimum absolute atomic E-state index is 0.0428. The molecular formula is C16H25N3O2. The fourth-order valence-electron chi connectivity index (χ4n) is 2.09. The van der Waals surface area contributed by atoms with Crippen LogP contribution in [-0.2, 0) is 11.3 Å². The van der Waals surface area contributed by atoms with Crippen LogP contribution in [0.1, 0.15) is 42.1 Å². The topological polar surface area (TPSA) is 75.4 Å². The van der Waals surface area contributed by atoms with E-state index in [9.17, 15) is 9.59 Å². The molecule has 116 valence electrons. The van der Waals surface area contributed by atoms with Gasteiger partial charge in [0, 0.05) is 26.2 Å². The maximum atomic E-state index is 12.1. The molecule has 0 aliphatic rings. The number of nitrogens with zero attached hydrogens (tertiary/aromatic N) is 1. The van der Waals surface area contributed by atoms with Gasteiger partial charge in [-0.1, -0.05) is 31.9 Å². The van der Waals surface area contributed by atoms with E-state index in [1.165, 1.54) is 0 Å². The molecule has 0 spiro atoms. The largest absolute Gasteiger partial charge is 0.355 e. The number of rotatable bonds is 7. The predicted molar refractivity (Wildman–Crippen MR) is 83.8 cm³/mol. The van der Waals surface area contributed by atoms with Crippen LogP contribution in [0.15, 0.2) is 24.3 Å². The molecule has 0 saturated carbocycles. The van der Waals surface area contributed by atoms with E-state index >= 15 is 0 Å². The highest BCUT2D eigenvalue weighted by atomic mass is 16.2. The van der Waals surface area contributed by atoms with Crippen molar-refractivity contribution in [1.82, 2.24) is 10.2 Å². The van der Waals surface area contributed by atoms with Gasteiger partial charge in [-0.25, -0.2) is 0 Å². The van der Waals surface area contributed by atoms with Gasteiger partial charge in [0.15, 0.2) is 0 Å². The molecule has 0 unspecified atom stereocenters. The summed E-state index contributed by atoms with van der Waals surface area (Å²) in [6.45, 7) is 2.57. The Kier molecular flexibility index (Phi) is 6.88. The summed E-state index contributed by atoms with van der Waals surface area (Å²) in [5, 5.41) is 2.57. The first kappa shape index (κ1) is 17.2. The Hall–Kier alpha value is -1.88. The number of carbonyl (C=O) groups is 2. The van der Waals surface area contributed by atoms with Gasteiger partial charge < -0.3 is 16.0 Å². The van der Waals surface area contributed by atoms with E-state index in [0.29, 0.717) is 12.1 Å². The van der Waals surface area contributed by atoms with Gasteiger partial charge in [-0.15, -0.1) is 0 Å². The molecule has 0 bridgehead atoms. The lowest BCUT2D eigenvalue weighted by molar-refractivity contribution is -0.132. The average Bonchev–Trinajstić information content (AvgIpc) is 2.51. The standard InChI is InChI=1S/C16H25N3O2/c1-4-5-6-14(17)16(21)19(3)11-12-7-9-13(10-8-12)15(20)18-2/h7-10,14H,4-6,11,17H2,1-3H3,(H,18,20)/t14-/m0/s1. The second-order valence-electron chi connectivity index (χ2n) is 5.22. The lowest BCUT2D eigenvalue weighted by Gasteiger charge is -2.21. The van der Waals surface area contributed by atoms with Crippen molar-refractivity contribution < 1.29 is 9.59 Å². The van der Waals surface area contributed by atoms with Crippen LogP contribution in [0.25, 0.3) is 0 Å². The molecule has 0 saturated heterocycles. The van der Waals surface area contributed by atoms with Gasteiger partial charge in [0.25, 0.3) is 5.91 Å². The van der Waals surface area contributed by atoms with E-state index in [0.717, 1.165) is 24.8 Å². The maximum Gasteiger partial charge on any atom is 0.251 e. The average molecular weight is 291 g/mol. The van der Waals surface area contributed by atoms with E-state index in [-0.39, 0.29) is 11.8 Å². The van der Waals surface area contributed by atoms with Crippen LogP contribution < -0.4 is 11.1 Å². The number of nitrogens with one attached hydrogen (secondary N) is 1. The summed E-state index contributed by atoms with van der Waals surface area (Å²) in [5.74, 6) is -0.161. The van der Waals surface area contributed by atoms with Crippen LogP contribution in [-0.4, -0.2) is 36.9 Å². The first-order valence-corrected chi connectivity index (χ1v) is 7.31. The van der Waals surface area contributed by atoms with Gasteiger partial charge >= 0.3 is 0 Å². The first-order chi connectivity index (χ1) is 9.99. The molecule has 1 atom stereocenters. The summed E-state index contributed by atoms with van der Waals surface area (Å²) in [6.07, 6.45) is 2.71. The third-order valence-electron chi connectivity index (χ3n) is 3.43. The highest BCUT2D eigenvalue weighted by Gasteiger charge is 2.17. The van der Waals surface area contributed by atoms with Crippen molar-refractivity contribution >= 4 is 11.8 Å². The van der Waals surface area contributed by atoms with Crippen molar-refractivity contribution in [2.24, 2.45) is 5.73 Å². The Balaban J connectivity index is 2.59. The number of likely N-dealkylation sites (N-methyl/N-ethyl adjacent to an activating group) is 1. The van der Waals surface area contributed by atoms with E-state index in [2.05, 4.69) is 12.2 Å². The summed E-state index contributed by atoms with van der Waals surface area (Å²) < 4.78 is 0. The summed E-state index contributed by atoms with van der Waals surface area (Å²) in [4.78, 5) is 25.2. The van der Waals surface area contributed by atoms with Gasteiger partial charge in [0.05, 0.1) is 6.04 Å². The van der Waals surface area contributed by atoms with Crippen molar-refractivity contribution in [3.63, 3.8) is 0 Å². The van der Waals surface area contributed by atoms with Gasteiger partial charge in [-0.3, -0.25) is 9.59 Å². The zero-order valence-electron chi connectivity index (χ0n) is 13.1. The van der Waals surface area contributed by atoms with E-state index in [1.807, 2.05) is 12.1 Å². The SMILES string of the molecule is CCCC[C@H](N)C(=O)N(C)Cc1ccc(C(=O)NC)cc1. The Morgan fingerprint density at radius 1 is 1.29 bits per heavy atom. The monoisotopic (exact) mass is 291 g/mol. The third-order valence-corrected chi connectivity index (χ3v) is 3.43. The Morgan fingerprint density at radius 3 is 2.43 bits per heavy atom. The Bertz CT molecular complexity index is 471. The summed E-state index contributed by atoms with van der Waals surface area (Å²) in [6, 6.07) is 6.78. The summed E-state index contributed by atoms with van der Waals surface area (Å²) in [7, 11) is 3.35. The fraction of sp³-hybridized carbons (Fsp3) is 0.500. The van der Waals surface area contributed by atoms with Gasteiger partial charge in [-0.2, -0.15) is 0 Å². The first-order valence-electron chi connectivity index (χ1n) is 7.31. The molecule has 1 aromatic carbocycles. The van der Waals surface area contributed by atoms with Crippen LogP contribution in [0.4, 0.5) is 0 Å². The normalized spacial score (nSPS) is 11.8. The summed E-state index contributed by atoms with van der Waals surface area (Å²) >= 11 is 0. The van der Waals surface area contributed by atoms with Crippen molar-refractivity contribution in [3.8, 4) is 0 Å². The van der Waals surface area contributed by atoms with Crippen molar-refractivity contribution in [2.75, 3.05) is 14.1 Å². The molecule has 0 aliphatic carbocycles. The zero-order valence-corrected chi connectivity index (χ0v) is 13.1. The number of hydrogen-bond donors (Lipinski definition) is 2. The third kappa shape index (κ3) is 5.19. The van der Waals surface area contributed by atoms with E-state index in [1.54, 1.807) is 31.1 Å². The van der Waals surface area contributed by atoms with Crippen molar-refractivity contribution in [1.29, 1.82) is 0 Å². The molecule has 3 N–H and O–H groups in total. The maximum absolute atomic E-state index is 12.1. The number of amides is 2. The predicted octanol–water partition coefficient (Wildman–Crippen LogP) is 1.52. The second kappa shape index (κ2) is 8.42. The van der Waals surface area contributed by atoms with Gasteiger partial charge in [0.1, 0.15) is 0 Å². The molecule has 0 aromatic heterocycles. The molecule has 5 nitrogen and oxygen atoms in total. The molecule has 0 heterocycles. The lowest BCUT2D eigenvalue weighted by atomic mass is 10.1. The van der Waals surface area contributed by atoms with E-state index < -0.39 is 6.04 Å². The summed E-state index contributed by atoms with van der Waals surface area (Å²) in [5.41, 5.74) is 7.48. The number of unbranched alkanes of at least 4 members (excludes halogenated alkanes) is 1. The van der Waals surface area contributed by atoms with E-state index in [4.69, 9.17) is 5.73 Å². The quantitative estimate of drug-likeness (QED) is 0.800. The number of carbonyl (C=O) groups excluding carboxylic acids is 2. The molecule has 0 radical (unpaired) electrons. The molecule has 5 heteroatoms. The molecule has 0 fully saturated rings. The van der Waals surface area contributed by atoms with Crippen molar-refractivity contribution in [2.45, 2.75) is 38.8 Å².